The number of hydrogen-bond donors (Lipinski definition) is 1. The zero-order valence-corrected chi connectivity index (χ0v) is 14.8. The molecule has 0 saturated heterocycles. The molecule has 3 aromatic rings. The molecule has 0 aliphatic heterocycles. The Morgan fingerprint density at radius 3 is 2.83 bits per heavy atom. The fourth-order valence-electron chi connectivity index (χ4n) is 2.29. The Bertz CT molecular complexity index is 1010. The Kier molecular flexibility index (Phi) is 4.66. The molecule has 0 unspecified atom stereocenters. The monoisotopic (exact) mass is 433 g/mol. The lowest BCUT2D eigenvalue weighted by Crippen LogP contribution is -2.09. The van der Waals surface area contributed by atoms with Crippen molar-refractivity contribution in [3.05, 3.63) is 50.3 Å². The van der Waals surface area contributed by atoms with Gasteiger partial charge in [-0.15, -0.1) is 0 Å². The molecule has 3 rings (SSSR count). The minimum Gasteiger partial charge on any atom is -0.493 e. The topological polar surface area (TPSA) is 88.0 Å². The summed E-state index contributed by atoms with van der Waals surface area (Å²) in [6, 6.07) is 12.6. The highest BCUT2D eigenvalue weighted by Crippen LogP contribution is 2.31. The van der Waals surface area contributed by atoms with Gasteiger partial charge in [0.05, 0.1) is 18.0 Å². The van der Waals surface area contributed by atoms with E-state index in [9.17, 15) is 4.79 Å². The van der Waals surface area contributed by atoms with Crippen LogP contribution in [0.2, 0.25) is 0 Å². The average molecular weight is 433 g/mol. The number of halogens is 1. The van der Waals surface area contributed by atoms with Crippen molar-refractivity contribution in [2.75, 3.05) is 13.7 Å². The van der Waals surface area contributed by atoms with Crippen molar-refractivity contribution in [1.82, 2.24) is 9.97 Å². The fourth-order valence-corrected chi connectivity index (χ4v) is 2.78. The van der Waals surface area contributed by atoms with Crippen LogP contribution in [0.5, 0.6) is 11.5 Å². The fraction of sp³-hybridized carbons (Fsp3) is 0.118. The van der Waals surface area contributed by atoms with Crippen LogP contribution in [0.15, 0.2) is 41.2 Å². The molecule has 6 nitrogen and oxygen atoms in total. The van der Waals surface area contributed by atoms with Crippen LogP contribution in [-0.2, 0) is 0 Å². The Morgan fingerprint density at radius 1 is 1.25 bits per heavy atom. The van der Waals surface area contributed by atoms with E-state index in [1.54, 1.807) is 24.3 Å². The number of nitrogens with zero attached hydrogens (tertiary/aromatic N) is 2. The van der Waals surface area contributed by atoms with E-state index in [1.807, 2.05) is 18.2 Å². The maximum atomic E-state index is 12.3. The van der Waals surface area contributed by atoms with Crippen LogP contribution in [0.3, 0.4) is 0 Å². The number of benzene rings is 2. The first-order chi connectivity index (χ1) is 11.6. The zero-order valence-electron chi connectivity index (χ0n) is 12.7. The van der Waals surface area contributed by atoms with Crippen molar-refractivity contribution in [2.45, 2.75) is 0 Å². The van der Waals surface area contributed by atoms with Gasteiger partial charge in [0.2, 0.25) is 0 Å². The second kappa shape index (κ2) is 6.88. The molecule has 0 bridgehead atoms. The van der Waals surface area contributed by atoms with Gasteiger partial charge in [0.1, 0.15) is 11.9 Å². The van der Waals surface area contributed by atoms with Crippen LogP contribution in [0.1, 0.15) is 0 Å². The standard InChI is InChI=1S/C17H12IN3O3/c1-23-15-8-10(2-5-14(15)24-7-6-19)16-20-13-4-3-11(18)9-12(13)17(22)21-16/h2-5,8-9H,7H2,1H3,(H,20,21,22). The van der Waals surface area contributed by atoms with Gasteiger partial charge < -0.3 is 14.5 Å². The van der Waals surface area contributed by atoms with Gasteiger partial charge in [-0.2, -0.15) is 5.26 Å². The van der Waals surface area contributed by atoms with E-state index >= 15 is 0 Å². The third kappa shape index (κ3) is 3.19. The average Bonchev–Trinajstić information content (AvgIpc) is 2.60. The summed E-state index contributed by atoms with van der Waals surface area (Å²) in [5.74, 6) is 1.37. The Hall–Kier alpha value is -2.60. The summed E-state index contributed by atoms with van der Waals surface area (Å²) in [4.78, 5) is 19.6. The maximum Gasteiger partial charge on any atom is 0.259 e. The first-order valence-electron chi connectivity index (χ1n) is 7.00. The van der Waals surface area contributed by atoms with Crippen LogP contribution in [0, 0.1) is 14.9 Å². The van der Waals surface area contributed by atoms with Crippen LogP contribution in [-0.4, -0.2) is 23.7 Å². The van der Waals surface area contributed by atoms with Crippen LogP contribution < -0.4 is 15.0 Å². The third-order valence-corrected chi connectivity index (χ3v) is 4.07. The predicted octanol–water partition coefficient (Wildman–Crippen LogP) is 3.11. The molecule has 120 valence electrons. The van der Waals surface area contributed by atoms with Crippen molar-refractivity contribution in [1.29, 1.82) is 5.26 Å². The second-order valence-electron chi connectivity index (χ2n) is 4.89. The predicted molar refractivity (Wildman–Crippen MR) is 98.2 cm³/mol. The van der Waals surface area contributed by atoms with E-state index in [2.05, 4.69) is 32.6 Å². The molecule has 1 heterocycles. The molecular weight excluding hydrogens is 421 g/mol. The number of nitriles is 1. The molecule has 2 aromatic carbocycles. The Balaban J connectivity index is 2.09. The first kappa shape index (κ1) is 16.3. The van der Waals surface area contributed by atoms with E-state index in [0.717, 1.165) is 3.57 Å². The van der Waals surface area contributed by atoms with E-state index in [-0.39, 0.29) is 12.2 Å². The summed E-state index contributed by atoms with van der Waals surface area (Å²) in [5, 5.41) is 9.16. The van der Waals surface area contributed by atoms with Gasteiger partial charge in [-0.05, 0) is 59.0 Å². The quantitative estimate of drug-likeness (QED) is 0.639. The lowest BCUT2D eigenvalue weighted by molar-refractivity contribution is 0.330. The first-order valence-corrected chi connectivity index (χ1v) is 8.08. The highest BCUT2D eigenvalue weighted by molar-refractivity contribution is 14.1. The molecule has 1 N–H and O–H groups in total. The molecule has 0 aliphatic rings. The van der Waals surface area contributed by atoms with Gasteiger partial charge in [-0.1, -0.05) is 0 Å². The summed E-state index contributed by atoms with van der Waals surface area (Å²) in [6.45, 7) is -0.0700. The van der Waals surface area contributed by atoms with Crippen LogP contribution in [0.4, 0.5) is 0 Å². The molecule has 0 aliphatic carbocycles. The number of aromatic nitrogens is 2. The minimum atomic E-state index is -0.197. The van der Waals surface area contributed by atoms with E-state index in [4.69, 9.17) is 14.7 Å². The van der Waals surface area contributed by atoms with Crippen LogP contribution in [0.25, 0.3) is 22.3 Å². The van der Waals surface area contributed by atoms with Crippen molar-refractivity contribution in [3.63, 3.8) is 0 Å². The summed E-state index contributed by atoms with van der Waals surface area (Å²) >= 11 is 2.15. The summed E-state index contributed by atoms with van der Waals surface area (Å²) in [5.41, 5.74) is 1.11. The highest BCUT2D eigenvalue weighted by atomic mass is 127. The molecule has 0 fully saturated rings. The summed E-state index contributed by atoms with van der Waals surface area (Å²) in [7, 11) is 1.51. The van der Waals surface area contributed by atoms with Gasteiger partial charge in [-0.3, -0.25) is 4.79 Å². The lowest BCUT2D eigenvalue weighted by atomic mass is 10.1. The zero-order chi connectivity index (χ0) is 17.1. The van der Waals surface area contributed by atoms with Gasteiger partial charge in [0.25, 0.3) is 5.56 Å². The number of hydrogen-bond acceptors (Lipinski definition) is 5. The molecule has 24 heavy (non-hydrogen) atoms. The molecule has 0 saturated carbocycles. The summed E-state index contributed by atoms with van der Waals surface area (Å²) in [6.07, 6.45) is 0. The molecule has 0 spiro atoms. The minimum absolute atomic E-state index is 0.0700. The van der Waals surface area contributed by atoms with Crippen molar-refractivity contribution in [2.24, 2.45) is 0 Å². The van der Waals surface area contributed by atoms with Crippen LogP contribution >= 0.6 is 22.6 Å². The normalized spacial score (nSPS) is 10.4. The second-order valence-corrected chi connectivity index (χ2v) is 6.13. The third-order valence-electron chi connectivity index (χ3n) is 3.40. The van der Waals surface area contributed by atoms with Gasteiger partial charge in [0.15, 0.2) is 18.1 Å². The number of rotatable bonds is 4. The largest absolute Gasteiger partial charge is 0.493 e. The molecule has 0 radical (unpaired) electrons. The van der Waals surface area contributed by atoms with Crippen molar-refractivity contribution >= 4 is 33.5 Å². The Morgan fingerprint density at radius 2 is 2.08 bits per heavy atom. The molecular formula is C17H12IN3O3. The SMILES string of the molecule is COc1cc(-c2nc3ccc(I)cc3c(=O)[nH]2)ccc1OCC#N. The van der Waals surface area contributed by atoms with Crippen molar-refractivity contribution in [3.8, 4) is 29.0 Å². The molecule has 7 heteroatoms. The number of aromatic amines is 1. The Labute approximate surface area is 151 Å². The van der Waals surface area contributed by atoms with Gasteiger partial charge in [-0.25, -0.2) is 4.98 Å². The van der Waals surface area contributed by atoms with E-state index in [1.165, 1.54) is 7.11 Å². The maximum absolute atomic E-state index is 12.3. The lowest BCUT2D eigenvalue weighted by Gasteiger charge is -2.10. The van der Waals surface area contributed by atoms with Gasteiger partial charge >= 0.3 is 0 Å². The van der Waals surface area contributed by atoms with Gasteiger partial charge in [0, 0.05) is 9.13 Å². The molecule has 1 aromatic heterocycles. The number of fused-ring (bicyclic) bond motifs is 1. The van der Waals surface area contributed by atoms with Crippen molar-refractivity contribution < 1.29 is 9.47 Å². The van der Waals surface area contributed by atoms with E-state index in [0.29, 0.717) is 33.8 Å². The number of methoxy groups -OCH3 is 1. The number of nitrogens with one attached hydrogen (secondary N) is 1. The number of ether oxygens (including phenoxy) is 2. The smallest absolute Gasteiger partial charge is 0.259 e. The highest BCUT2D eigenvalue weighted by Gasteiger charge is 2.11. The number of H-pyrrole nitrogens is 1. The van der Waals surface area contributed by atoms with E-state index < -0.39 is 0 Å². The summed E-state index contributed by atoms with van der Waals surface area (Å²) < 4.78 is 11.6. The molecule has 0 amide bonds. The molecule has 0 atom stereocenters.